The number of carbonyl (C=O) groups excluding carboxylic acids is 1. The second-order valence-electron chi connectivity index (χ2n) is 5.65. The molecule has 138 valence electrons. The van der Waals surface area contributed by atoms with E-state index in [0.29, 0.717) is 23.7 Å². The van der Waals surface area contributed by atoms with Crippen molar-refractivity contribution in [3.05, 3.63) is 77.9 Å². The lowest BCUT2D eigenvalue weighted by Gasteiger charge is -2.08. The fourth-order valence-electron chi connectivity index (χ4n) is 2.36. The highest BCUT2D eigenvalue weighted by Gasteiger charge is 2.09. The van der Waals surface area contributed by atoms with Gasteiger partial charge in [-0.05, 0) is 37.3 Å². The summed E-state index contributed by atoms with van der Waals surface area (Å²) < 4.78 is 19.0. The number of halogens is 1. The Kier molecular flexibility index (Phi) is 5.94. The average molecular weight is 366 g/mol. The van der Waals surface area contributed by atoms with Crippen molar-refractivity contribution < 1.29 is 13.9 Å². The quantitative estimate of drug-likeness (QED) is 0.667. The molecule has 3 aromatic rings. The fraction of sp³-hybridized carbons (Fsp3) is 0.150. The highest BCUT2D eigenvalue weighted by molar-refractivity contribution is 5.93. The van der Waals surface area contributed by atoms with Crippen LogP contribution in [0.4, 0.5) is 16.0 Å². The van der Waals surface area contributed by atoms with E-state index >= 15 is 0 Å². The van der Waals surface area contributed by atoms with E-state index in [4.69, 9.17) is 4.74 Å². The predicted molar refractivity (Wildman–Crippen MR) is 100 cm³/mol. The third kappa shape index (κ3) is 5.01. The van der Waals surface area contributed by atoms with Crippen molar-refractivity contribution in [2.45, 2.75) is 13.5 Å². The molecular weight excluding hydrogens is 347 g/mol. The van der Waals surface area contributed by atoms with Gasteiger partial charge < -0.3 is 15.4 Å². The Morgan fingerprint density at radius 1 is 1.07 bits per heavy atom. The van der Waals surface area contributed by atoms with E-state index in [1.54, 1.807) is 18.2 Å². The van der Waals surface area contributed by atoms with Crippen molar-refractivity contribution in [2.24, 2.45) is 0 Å². The summed E-state index contributed by atoms with van der Waals surface area (Å²) in [5.74, 6) is 0.422. The lowest BCUT2D eigenvalue weighted by molar-refractivity contribution is 0.0950. The number of hydrogen-bond acceptors (Lipinski definition) is 5. The maximum absolute atomic E-state index is 13.6. The molecule has 27 heavy (non-hydrogen) atoms. The van der Waals surface area contributed by atoms with Crippen molar-refractivity contribution in [3.63, 3.8) is 0 Å². The number of hydrogen-bond donors (Lipinski definition) is 2. The Balaban J connectivity index is 1.57. The van der Waals surface area contributed by atoms with Crippen LogP contribution in [0.25, 0.3) is 0 Å². The molecule has 0 radical (unpaired) electrons. The molecule has 3 rings (SSSR count). The zero-order chi connectivity index (χ0) is 19.1. The minimum absolute atomic E-state index is 0.0949. The highest BCUT2D eigenvalue weighted by atomic mass is 19.1. The van der Waals surface area contributed by atoms with Gasteiger partial charge >= 0.3 is 0 Å². The first-order valence-corrected chi connectivity index (χ1v) is 8.49. The van der Waals surface area contributed by atoms with Gasteiger partial charge in [-0.25, -0.2) is 14.4 Å². The van der Waals surface area contributed by atoms with Crippen LogP contribution >= 0.6 is 0 Å². The smallest absolute Gasteiger partial charge is 0.254 e. The van der Waals surface area contributed by atoms with Crippen LogP contribution in [0.1, 0.15) is 22.8 Å². The summed E-state index contributed by atoms with van der Waals surface area (Å²) in [6, 6.07) is 13.7. The molecule has 0 saturated heterocycles. The molecule has 0 spiro atoms. The van der Waals surface area contributed by atoms with Crippen LogP contribution in [0, 0.1) is 5.82 Å². The van der Waals surface area contributed by atoms with E-state index < -0.39 is 0 Å². The SMILES string of the molecule is CCOc1ccc(Nc2ncc(C(=O)NCc3ccccc3F)cn2)cc1. The van der Waals surface area contributed by atoms with Crippen LogP contribution in [-0.2, 0) is 6.54 Å². The number of ether oxygens (including phenoxy) is 1. The maximum Gasteiger partial charge on any atom is 0.254 e. The van der Waals surface area contributed by atoms with Crippen LogP contribution in [0.2, 0.25) is 0 Å². The molecular formula is C20H19FN4O2. The van der Waals surface area contributed by atoms with Gasteiger partial charge in [0.1, 0.15) is 11.6 Å². The first kappa shape index (κ1) is 18.3. The van der Waals surface area contributed by atoms with E-state index in [1.165, 1.54) is 18.5 Å². The normalized spacial score (nSPS) is 10.3. The van der Waals surface area contributed by atoms with Gasteiger partial charge in [-0.2, -0.15) is 0 Å². The molecule has 0 unspecified atom stereocenters. The largest absolute Gasteiger partial charge is 0.494 e. The van der Waals surface area contributed by atoms with Gasteiger partial charge in [0.15, 0.2) is 0 Å². The van der Waals surface area contributed by atoms with Gasteiger partial charge in [0.05, 0.1) is 12.2 Å². The first-order valence-electron chi connectivity index (χ1n) is 8.49. The van der Waals surface area contributed by atoms with E-state index in [9.17, 15) is 9.18 Å². The molecule has 0 saturated carbocycles. The average Bonchev–Trinajstić information content (AvgIpc) is 2.69. The summed E-state index contributed by atoms with van der Waals surface area (Å²) in [5, 5.41) is 5.70. The number of nitrogens with one attached hydrogen (secondary N) is 2. The Labute approximate surface area is 156 Å². The van der Waals surface area contributed by atoms with Gasteiger partial charge in [0, 0.05) is 30.2 Å². The topological polar surface area (TPSA) is 76.1 Å². The van der Waals surface area contributed by atoms with Gasteiger partial charge in [-0.1, -0.05) is 18.2 Å². The molecule has 0 aliphatic carbocycles. The molecule has 0 aliphatic rings. The molecule has 1 aromatic heterocycles. The fourth-order valence-corrected chi connectivity index (χ4v) is 2.36. The molecule has 2 N–H and O–H groups in total. The van der Waals surface area contributed by atoms with E-state index in [1.807, 2.05) is 31.2 Å². The molecule has 0 atom stereocenters. The summed E-state index contributed by atoms with van der Waals surface area (Å²) in [6.07, 6.45) is 2.83. The third-order valence-corrected chi connectivity index (χ3v) is 3.73. The second kappa shape index (κ2) is 8.75. The summed E-state index contributed by atoms with van der Waals surface area (Å²) in [5.41, 5.74) is 1.51. The van der Waals surface area contributed by atoms with Gasteiger partial charge in [-0.3, -0.25) is 4.79 Å². The minimum atomic E-state index is -0.370. The number of carbonyl (C=O) groups is 1. The van der Waals surface area contributed by atoms with Crippen LogP contribution in [0.5, 0.6) is 5.75 Å². The summed E-state index contributed by atoms with van der Waals surface area (Å²) >= 11 is 0. The van der Waals surface area contributed by atoms with Crippen LogP contribution < -0.4 is 15.4 Å². The van der Waals surface area contributed by atoms with Crippen molar-refractivity contribution in [3.8, 4) is 5.75 Å². The van der Waals surface area contributed by atoms with Crippen LogP contribution in [0.15, 0.2) is 60.9 Å². The zero-order valence-electron chi connectivity index (χ0n) is 14.8. The monoisotopic (exact) mass is 366 g/mol. The molecule has 0 fully saturated rings. The summed E-state index contributed by atoms with van der Waals surface area (Å²) in [7, 11) is 0. The van der Waals surface area contributed by atoms with Gasteiger partial charge in [-0.15, -0.1) is 0 Å². The lowest BCUT2D eigenvalue weighted by atomic mass is 10.2. The van der Waals surface area contributed by atoms with Crippen LogP contribution in [0.3, 0.4) is 0 Å². The predicted octanol–water partition coefficient (Wildman–Crippen LogP) is 3.69. The van der Waals surface area contributed by atoms with E-state index in [0.717, 1.165) is 11.4 Å². The van der Waals surface area contributed by atoms with Crippen molar-refractivity contribution in [1.82, 2.24) is 15.3 Å². The third-order valence-electron chi connectivity index (χ3n) is 3.73. The van der Waals surface area contributed by atoms with Crippen molar-refractivity contribution in [1.29, 1.82) is 0 Å². The molecule has 7 heteroatoms. The number of aromatic nitrogens is 2. The number of anilines is 2. The molecule has 1 heterocycles. The highest BCUT2D eigenvalue weighted by Crippen LogP contribution is 2.18. The van der Waals surface area contributed by atoms with E-state index in [-0.39, 0.29) is 18.3 Å². The van der Waals surface area contributed by atoms with Crippen molar-refractivity contribution >= 4 is 17.5 Å². The molecule has 1 amide bonds. The lowest BCUT2D eigenvalue weighted by Crippen LogP contribution is -2.23. The summed E-state index contributed by atoms with van der Waals surface area (Å²) in [4.78, 5) is 20.4. The minimum Gasteiger partial charge on any atom is -0.494 e. The standard InChI is InChI=1S/C20H19FN4O2/c1-2-27-17-9-7-16(8-10-17)25-20-23-12-15(13-24-20)19(26)22-11-14-5-3-4-6-18(14)21/h3-10,12-13H,2,11H2,1H3,(H,22,26)(H,23,24,25). The number of nitrogens with zero attached hydrogens (tertiary/aromatic N) is 2. The zero-order valence-corrected chi connectivity index (χ0v) is 14.8. The maximum atomic E-state index is 13.6. The molecule has 0 bridgehead atoms. The molecule has 6 nitrogen and oxygen atoms in total. The Bertz CT molecular complexity index is 899. The first-order chi connectivity index (χ1) is 13.2. The Hall–Kier alpha value is -3.48. The van der Waals surface area contributed by atoms with Crippen molar-refractivity contribution in [2.75, 3.05) is 11.9 Å². The van der Waals surface area contributed by atoms with E-state index in [2.05, 4.69) is 20.6 Å². The number of amides is 1. The number of benzene rings is 2. The Morgan fingerprint density at radius 3 is 2.44 bits per heavy atom. The van der Waals surface area contributed by atoms with Crippen LogP contribution in [-0.4, -0.2) is 22.5 Å². The Morgan fingerprint density at radius 2 is 1.78 bits per heavy atom. The summed E-state index contributed by atoms with van der Waals surface area (Å²) in [6.45, 7) is 2.63. The second-order valence-corrected chi connectivity index (χ2v) is 5.65. The van der Waals surface area contributed by atoms with Gasteiger partial charge in [0.25, 0.3) is 5.91 Å². The van der Waals surface area contributed by atoms with Gasteiger partial charge in [0.2, 0.25) is 5.95 Å². The number of rotatable bonds is 7. The molecule has 0 aliphatic heterocycles. The molecule has 2 aromatic carbocycles.